The Bertz CT molecular complexity index is 843. The van der Waals surface area contributed by atoms with E-state index in [0.717, 1.165) is 38.8 Å². The summed E-state index contributed by atoms with van der Waals surface area (Å²) in [5.74, 6) is 0.549. The van der Waals surface area contributed by atoms with Gasteiger partial charge in [-0.25, -0.2) is 9.97 Å². The highest BCUT2D eigenvalue weighted by Crippen LogP contribution is 2.16. The second-order valence-corrected chi connectivity index (χ2v) is 7.46. The van der Waals surface area contributed by atoms with E-state index in [2.05, 4.69) is 19.9 Å². The lowest BCUT2D eigenvalue weighted by Gasteiger charge is -2.34. The van der Waals surface area contributed by atoms with E-state index < -0.39 is 0 Å². The minimum absolute atomic E-state index is 0.0639. The molecule has 0 radical (unpaired) electrons. The van der Waals surface area contributed by atoms with Crippen LogP contribution in [0.3, 0.4) is 0 Å². The topological polar surface area (TPSA) is 82.5 Å². The second-order valence-electron chi connectivity index (χ2n) is 7.46. The molecule has 0 saturated carbocycles. The lowest BCUT2D eigenvalue weighted by atomic mass is 10.1. The number of hydrogen-bond acceptors (Lipinski definition) is 6. The summed E-state index contributed by atoms with van der Waals surface area (Å²) < 4.78 is 0. The van der Waals surface area contributed by atoms with Gasteiger partial charge in [0.2, 0.25) is 5.95 Å². The van der Waals surface area contributed by atoms with Crippen molar-refractivity contribution in [3.63, 3.8) is 0 Å². The first-order valence-electron chi connectivity index (χ1n) is 10.3. The highest BCUT2D eigenvalue weighted by atomic mass is 16.2. The van der Waals surface area contributed by atoms with E-state index in [9.17, 15) is 9.59 Å². The summed E-state index contributed by atoms with van der Waals surface area (Å²) in [6, 6.07) is 5.12. The normalized spacial score (nSPS) is 17.7. The van der Waals surface area contributed by atoms with Gasteiger partial charge >= 0.3 is 0 Å². The number of rotatable bonds is 3. The van der Waals surface area contributed by atoms with Crippen molar-refractivity contribution < 1.29 is 9.59 Å². The first-order valence-corrected chi connectivity index (χ1v) is 10.3. The fourth-order valence-corrected chi connectivity index (χ4v) is 3.86. The Kier molecular flexibility index (Phi) is 5.97. The summed E-state index contributed by atoms with van der Waals surface area (Å²) in [4.78, 5) is 44.3. The van der Waals surface area contributed by atoms with Crippen molar-refractivity contribution in [2.24, 2.45) is 0 Å². The third kappa shape index (κ3) is 4.52. The molecule has 2 aromatic rings. The lowest BCUT2D eigenvalue weighted by Crippen LogP contribution is -2.49. The van der Waals surface area contributed by atoms with Crippen LogP contribution in [-0.4, -0.2) is 75.8 Å². The van der Waals surface area contributed by atoms with Gasteiger partial charge in [0.25, 0.3) is 11.8 Å². The van der Waals surface area contributed by atoms with E-state index in [1.54, 1.807) is 36.8 Å². The Morgan fingerprint density at radius 1 is 0.724 bits per heavy atom. The maximum absolute atomic E-state index is 13.0. The zero-order valence-corrected chi connectivity index (χ0v) is 16.5. The number of amides is 2. The standard InChI is InChI=1S/C21H26N6O2/c28-19(26-12-14-27(15-13-26)21-23-7-5-8-24-21)17-6-9-22-18(16-17)20(29)25-10-3-1-2-4-11-25/h5-9,16H,1-4,10-15H2. The van der Waals surface area contributed by atoms with Gasteiger partial charge in [-0.2, -0.15) is 0 Å². The van der Waals surface area contributed by atoms with Crippen molar-refractivity contribution in [1.82, 2.24) is 24.8 Å². The zero-order chi connectivity index (χ0) is 20.1. The summed E-state index contributed by atoms with van der Waals surface area (Å²) in [5.41, 5.74) is 0.872. The van der Waals surface area contributed by atoms with E-state index >= 15 is 0 Å². The predicted molar refractivity (Wildman–Crippen MR) is 109 cm³/mol. The van der Waals surface area contributed by atoms with Crippen LogP contribution in [0.1, 0.15) is 46.5 Å². The van der Waals surface area contributed by atoms with Gasteiger partial charge in [-0.1, -0.05) is 12.8 Å². The lowest BCUT2D eigenvalue weighted by molar-refractivity contribution is 0.0745. The number of nitrogens with zero attached hydrogens (tertiary/aromatic N) is 6. The summed E-state index contributed by atoms with van der Waals surface area (Å²) in [6.45, 7) is 4.08. The van der Waals surface area contributed by atoms with Gasteiger partial charge in [0.1, 0.15) is 5.69 Å². The quantitative estimate of drug-likeness (QED) is 0.790. The summed E-state index contributed by atoms with van der Waals surface area (Å²) in [6.07, 6.45) is 9.39. The van der Waals surface area contributed by atoms with Crippen molar-refractivity contribution in [3.8, 4) is 0 Å². The fourth-order valence-electron chi connectivity index (χ4n) is 3.86. The Labute approximate surface area is 170 Å². The van der Waals surface area contributed by atoms with Crippen LogP contribution in [0.2, 0.25) is 0 Å². The molecule has 0 bridgehead atoms. The molecule has 2 aromatic heterocycles. The van der Waals surface area contributed by atoms with Gasteiger partial charge in [0, 0.05) is 63.4 Å². The molecule has 8 nitrogen and oxygen atoms in total. The number of likely N-dealkylation sites (tertiary alicyclic amines) is 1. The average Bonchev–Trinajstić information content (AvgIpc) is 3.08. The van der Waals surface area contributed by atoms with Crippen molar-refractivity contribution in [2.45, 2.75) is 25.7 Å². The zero-order valence-electron chi connectivity index (χ0n) is 16.5. The molecule has 0 unspecified atom stereocenters. The summed E-state index contributed by atoms with van der Waals surface area (Å²) in [5, 5.41) is 0. The molecule has 4 rings (SSSR count). The van der Waals surface area contributed by atoms with Crippen LogP contribution >= 0.6 is 0 Å². The minimum atomic E-state index is -0.0763. The van der Waals surface area contributed by atoms with E-state index in [4.69, 9.17) is 0 Å². The smallest absolute Gasteiger partial charge is 0.272 e. The fraction of sp³-hybridized carbons (Fsp3) is 0.476. The molecule has 2 fully saturated rings. The molecular formula is C21H26N6O2. The maximum atomic E-state index is 13.0. The van der Waals surface area contributed by atoms with E-state index in [0.29, 0.717) is 43.4 Å². The molecule has 0 N–H and O–H groups in total. The molecule has 0 aliphatic carbocycles. The van der Waals surface area contributed by atoms with Crippen LogP contribution in [0, 0.1) is 0 Å². The summed E-state index contributed by atoms with van der Waals surface area (Å²) >= 11 is 0. The third-order valence-electron chi connectivity index (χ3n) is 5.52. The van der Waals surface area contributed by atoms with Gasteiger partial charge in [-0.3, -0.25) is 14.6 Å². The van der Waals surface area contributed by atoms with E-state index in [1.807, 2.05) is 9.80 Å². The molecule has 2 saturated heterocycles. The van der Waals surface area contributed by atoms with Gasteiger partial charge in [-0.15, -0.1) is 0 Å². The van der Waals surface area contributed by atoms with Gasteiger partial charge in [-0.05, 0) is 31.0 Å². The maximum Gasteiger partial charge on any atom is 0.272 e. The molecule has 0 spiro atoms. The van der Waals surface area contributed by atoms with E-state index in [-0.39, 0.29) is 11.8 Å². The molecule has 4 heterocycles. The van der Waals surface area contributed by atoms with Crippen molar-refractivity contribution in [2.75, 3.05) is 44.2 Å². The average molecular weight is 394 g/mol. The Morgan fingerprint density at radius 2 is 1.38 bits per heavy atom. The summed E-state index contributed by atoms with van der Waals surface area (Å²) in [7, 11) is 0. The first kappa shape index (κ1) is 19.3. The molecule has 2 aliphatic heterocycles. The van der Waals surface area contributed by atoms with Gasteiger partial charge in [0.15, 0.2) is 0 Å². The van der Waals surface area contributed by atoms with Crippen LogP contribution in [0.15, 0.2) is 36.8 Å². The van der Waals surface area contributed by atoms with Gasteiger partial charge < -0.3 is 14.7 Å². The largest absolute Gasteiger partial charge is 0.337 e. The molecule has 0 aromatic carbocycles. The molecule has 2 aliphatic rings. The first-order chi connectivity index (χ1) is 14.2. The molecule has 29 heavy (non-hydrogen) atoms. The van der Waals surface area contributed by atoms with Crippen LogP contribution in [0.25, 0.3) is 0 Å². The van der Waals surface area contributed by atoms with Crippen LogP contribution in [-0.2, 0) is 0 Å². The van der Waals surface area contributed by atoms with E-state index in [1.165, 1.54) is 0 Å². The number of aromatic nitrogens is 3. The van der Waals surface area contributed by atoms with Crippen molar-refractivity contribution in [3.05, 3.63) is 48.0 Å². The molecule has 0 atom stereocenters. The Hall–Kier alpha value is -3.03. The number of carbonyl (C=O) groups is 2. The number of pyridine rings is 1. The van der Waals surface area contributed by atoms with Crippen LogP contribution in [0.4, 0.5) is 5.95 Å². The molecule has 8 heteroatoms. The second kappa shape index (κ2) is 8.98. The molecule has 2 amide bonds. The monoisotopic (exact) mass is 394 g/mol. The van der Waals surface area contributed by atoms with Crippen molar-refractivity contribution in [1.29, 1.82) is 0 Å². The SMILES string of the molecule is O=C(c1ccnc(C(=O)N2CCCCCC2)c1)N1CCN(c2ncccn2)CC1. The number of anilines is 1. The predicted octanol–water partition coefficient (Wildman–Crippen LogP) is 1.85. The number of piperazine rings is 1. The van der Waals surface area contributed by atoms with Gasteiger partial charge in [0.05, 0.1) is 0 Å². The highest BCUT2D eigenvalue weighted by molar-refractivity contribution is 5.98. The highest BCUT2D eigenvalue weighted by Gasteiger charge is 2.25. The van der Waals surface area contributed by atoms with Crippen LogP contribution in [0.5, 0.6) is 0 Å². The minimum Gasteiger partial charge on any atom is -0.337 e. The Balaban J connectivity index is 1.40. The molecular weight excluding hydrogens is 368 g/mol. The van der Waals surface area contributed by atoms with Crippen LogP contribution < -0.4 is 4.90 Å². The number of carbonyl (C=O) groups excluding carboxylic acids is 2. The van der Waals surface area contributed by atoms with Crippen molar-refractivity contribution >= 4 is 17.8 Å². The third-order valence-corrected chi connectivity index (χ3v) is 5.52. The Morgan fingerprint density at radius 3 is 2.07 bits per heavy atom. The number of hydrogen-bond donors (Lipinski definition) is 0. The molecule has 152 valence electrons.